The van der Waals surface area contributed by atoms with Crippen LogP contribution in [0.4, 0.5) is 5.69 Å². The van der Waals surface area contributed by atoms with Crippen molar-refractivity contribution in [3.05, 3.63) is 34.3 Å². The molecule has 22 heavy (non-hydrogen) atoms. The average molecular weight is 355 g/mol. The first-order chi connectivity index (χ1) is 10.7. The van der Waals surface area contributed by atoms with Gasteiger partial charge in [-0.2, -0.15) is 0 Å². The molecule has 0 aliphatic carbocycles. The third-order valence-corrected chi connectivity index (χ3v) is 6.52. The number of thioether (sulfide) groups is 1. The van der Waals surface area contributed by atoms with E-state index >= 15 is 0 Å². The van der Waals surface area contributed by atoms with Crippen LogP contribution in [-0.4, -0.2) is 42.9 Å². The summed E-state index contributed by atoms with van der Waals surface area (Å²) in [5.74, 6) is 1.88. The smallest absolute Gasteiger partial charge is 0.104 e. The molecule has 0 bridgehead atoms. The predicted molar refractivity (Wildman–Crippen MR) is 96.5 cm³/mol. The van der Waals surface area contributed by atoms with E-state index in [2.05, 4.69) is 28.0 Å². The first-order valence-corrected chi connectivity index (χ1v) is 9.74. The van der Waals surface area contributed by atoms with E-state index in [0.717, 1.165) is 19.6 Å². The van der Waals surface area contributed by atoms with Crippen LogP contribution in [0.15, 0.2) is 33.7 Å². The standard InChI is InChI=1S/C17H20Cl2N2S/c18-16(19)6-9-20-8-5-14-13(11-20)12-3-1-4-15-17(12)21(14)7-2-10-22-15/h1,3-4,6,13-14H,2,5,7-11H2/t13-,14-/m1/s1. The van der Waals surface area contributed by atoms with Gasteiger partial charge in [-0.25, -0.2) is 0 Å². The van der Waals surface area contributed by atoms with E-state index in [-0.39, 0.29) is 0 Å². The zero-order valence-electron chi connectivity index (χ0n) is 12.5. The summed E-state index contributed by atoms with van der Waals surface area (Å²) in [4.78, 5) is 6.67. The average Bonchev–Trinajstić information content (AvgIpc) is 2.68. The molecule has 3 heterocycles. The summed E-state index contributed by atoms with van der Waals surface area (Å²) in [5.41, 5.74) is 3.09. The molecule has 0 amide bonds. The normalized spacial score (nSPS) is 27.1. The van der Waals surface area contributed by atoms with Crippen molar-refractivity contribution in [2.24, 2.45) is 0 Å². The molecular weight excluding hydrogens is 335 g/mol. The van der Waals surface area contributed by atoms with Crippen molar-refractivity contribution >= 4 is 40.7 Å². The van der Waals surface area contributed by atoms with Gasteiger partial charge in [0.25, 0.3) is 0 Å². The maximum atomic E-state index is 5.77. The summed E-state index contributed by atoms with van der Waals surface area (Å²) in [6.45, 7) is 4.31. The number of hydrogen-bond donors (Lipinski definition) is 0. The fraction of sp³-hybridized carbons (Fsp3) is 0.529. The van der Waals surface area contributed by atoms with E-state index < -0.39 is 0 Å². The lowest BCUT2D eigenvalue weighted by Gasteiger charge is -2.38. The maximum absolute atomic E-state index is 5.77. The number of piperidine rings is 1. The number of para-hydroxylation sites is 1. The Morgan fingerprint density at radius 3 is 3.09 bits per heavy atom. The van der Waals surface area contributed by atoms with Gasteiger partial charge in [-0.1, -0.05) is 35.3 Å². The molecule has 2 atom stereocenters. The topological polar surface area (TPSA) is 6.48 Å². The largest absolute Gasteiger partial charge is 0.367 e. The first kappa shape index (κ1) is 15.2. The predicted octanol–water partition coefficient (Wildman–Crippen LogP) is 4.48. The van der Waals surface area contributed by atoms with Gasteiger partial charge in [0, 0.05) is 43.0 Å². The third kappa shape index (κ3) is 2.66. The van der Waals surface area contributed by atoms with Crippen LogP contribution in [0.25, 0.3) is 0 Å². The molecule has 1 saturated heterocycles. The van der Waals surface area contributed by atoms with Gasteiger partial charge in [-0.15, -0.1) is 11.8 Å². The van der Waals surface area contributed by atoms with Gasteiger partial charge in [-0.05, 0) is 36.3 Å². The van der Waals surface area contributed by atoms with Crippen molar-refractivity contribution in [2.45, 2.75) is 29.7 Å². The molecule has 1 fully saturated rings. The Kier molecular flexibility index (Phi) is 4.33. The van der Waals surface area contributed by atoms with Crippen LogP contribution < -0.4 is 4.90 Å². The monoisotopic (exact) mass is 354 g/mol. The molecular formula is C17H20Cl2N2S. The molecule has 0 aromatic heterocycles. The van der Waals surface area contributed by atoms with E-state index in [1.807, 2.05) is 17.8 Å². The van der Waals surface area contributed by atoms with Gasteiger partial charge >= 0.3 is 0 Å². The minimum Gasteiger partial charge on any atom is -0.367 e. The molecule has 1 aromatic carbocycles. The van der Waals surface area contributed by atoms with E-state index in [1.54, 1.807) is 5.56 Å². The van der Waals surface area contributed by atoms with Gasteiger partial charge in [0.05, 0.1) is 5.69 Å². The van der Waals surface area contributed by atoms with Gasteiger partial charge in [0.15, 0.2) is 0 Å². The van der Waals surface area contributed by atoms with Gasteiger partial charge in [0.1, 0.15) is 4.49 Å². The number of halogens is 2. The Morgan fingerprint density at radius 2 is 2.23 bits per heavy atom. The second kappa shape index (κ2) is 6.27. The maximum Gasteiger partial charge on any atom is 0.104 e. The number of nitrogens with zero attached hydrogens (tertiary/aromatic N) is 2. The minimum absolute atomic E-state index is 0.378. The molecule has 3 aliphatic heterocycles. The van der Waals surface area contributed by atoms with Crippen LogP contribution >= 0.6 is 35.0 Å². The Bertz CT molecular complexity index is 600. The van der Waals surface area contributed by atoms with Crippen molar-refractivity contribution in [1.82, 2.24) is 4.90 Å². The fourth-order valence-electron chi connectivity index (χ4n) is 4.17. The number of rotatable bonds is 2. The van der Waals surface area contributed by atoms with E-state index in [0.29, 0.717) is 16.5 Å². The quantitative estimate of drug-likeness (QED) is 0.772. The lowest BCUT2D eigenvalue weighted by Crippen LogP contribution is -2.46. The molecule has 4 rings (SSSR count). The second-order valence-corrected chi connectivity index (χ2v) is 8.45. The molecule has 5 heteroatoms. The van der Waals surface area contributed by atoms with Crippen molar-refractivity contribution in [3.8, 4) is 0 Å². The minimum atomic E-state index is 0.378. The molecule has 0 unspecified atom stereocenters. The molecule has 0 radical (unpaired) electrons. The molecule has 1 aromatic rings. The molecule has 3 aliphatic rings. The number of fused-ring (bicyclic) bond motifs is 3. The highest BCUT2D eigenvalue weighted by Crippen LogP contribution is 2.50. The van der Waals surface area contributed by atoms with Crippen LogP contribution in [0.2, 0.25) is 0 Å². The van der Waals surface area contributed by atoms with Crippen LogP contribution in [0.1, 0.15) is 24.3 Å². The van der Waals surface area contributed by atoms with Crippen molar-refractivity contribution in [1.29, 1.82) is 0 Å². The zero-order chi connectivity index (χ0) is 15.1. The van der Waals surface area contributed by atoms with Gasteiger partial charge in [0.2, 0.25) is 0 Å². The van der Waals surface area contributed by atoms with Crippen LogP contribution in [0.5, 0.6) is 0 Å². The second-order valence-electron chi connectivity index (χ2n) is 6.31. The Hall–Kier alpha value is -0.350. The van der Waals surface area contributed by atoms with E-state index in [1.165, 1.54) is 35.7 Å². The van der Waals surface area contributed by atoms with Crippen molar-refractivity contribution in [3.63, 3.8) is 0 Å². The SMILES string of the molecule is ClC(Cl)=CCN1CC[C@@H]2[C@H](C1)c1cccc3c1N2CCCS3. The number of benzene rings is 1. The Labute approximate surface area is 146 Å². The number of likely N-dealkylation sites (tertiary alicyclic amines) is 1. The number of anilines is 1. The van der Waals surface area contributed by atoms with E-state index in [4.69, 9.17) is 23.2 Å². The van der Waals surface area contributed by atoms with Gasteiger partial charge in [-0.3, -0.25) is 4.90 Å². The molecule has 2 nitrogen and oxygen atoms in total. The lowest BCUT2D eigenvalue weighted by atomic mass is 9.89. The van der Waals surface area contributed by atoms with Crippen molar-refractivity contribution in [2.75, 3.05) is 36.8 Å². The highest BCUT2D eigenvalue weighted by Gasteiger charge is 2.42. The summed E-state index contributed by atoms with van der Waals surface area (Å²) in [7, 11) is 0. The molecule has 0 N–H and O–H groups in total. The Balaban J connectivity index is 1.63. The highest BCUT2D eigenvalue weighted by atomic mass is 35.5. The first-order valence-electron chi connectivity index (χ1n) is 8.00. The molecule has 0 spiro atoms. The van der Waals surface area contributed by atoms with Gasteiger partial charge < -0.3 is 4.90 Å². The lowest BCUT2D eigenvalue weighted by molar-refractivity contribution is 0.211. The molecule has 0 saturated carbocycles. The summed E-state index contributed by atoms with van der Waals surface area (Å²) in [6, 6.07) is 7.56. The van der Waals surface area contributed by atoms with Crippen LogP contribution in [0, 0.1) is 0 Å². The third-order valence-electron chi connectivity index (χ3n) is 5.08. The molecule has 118 valence electrons. The fourth-order valence-corrected chi connectivity index (χ4v) is 5.35. The highest BCUT2D eigenvalue weighted by molar-refractivity contribution is 7.99. The van der Waals surface area contributed by atoms with Crippen LogP contribution in [-0.2, 0) is 0 Å². The number of hydrogen-bond acceptors (Lipinski definition) is 3. The van der Waals surface area contributed by atoms with Crippen molar-refractivity contribution < 1.29 is 0 Å². The summed E-state index contributed by atoms with van der Waals surface area (Å²) >= 11 is 13.6. The van der Waals surface area contributed by atoms with E-state index in [9.17, 15) is 0 Å². The summed E-state index contributed by atoms with van der Waals surface area (Å²) in [5, 5.41) is 0. The van der Waals surface area contributed by atoms with Crippen LogP contribution in [0.3, 0.4) is 0 Å². The summed E-state index contributed by atoms with van der Waals surface area (Å²) < 4.78 is 0.378. The zero-order valence-corrected chi connectivity index (χ0v) is 14.8. The Morgan fingerprint density at radius 1 is 1.32 bits per heavy atom. The summed E-state index contributed by atoms with van der Waals surface area (Å²) in [6.07, 6.45) is 4.43.